The zero-order valence-corrected chi connectivity index (χ0v) is 11.7. The van der Waals surface area contributed by atoms with Gasteiger partial charge in [-0.25, -0.2) is 0 Å². The summed E-state index contributed by atoms with van der Waals surface area (Å²) in [4.78, 5) is 11.7. The summed E-state index contributed by atoms with van der Waals surface area (Å²) < 4.78 is 0. The van der Waals surface area contributed by atoms with E-state index >= 15 is 0 Å². The summed E-state index contributed by atoms with van der Waals surface area (Å²) in [5.74, 6) is -0.129. The lowest BCUT2D eigenvalue weighted by atomic mass is 9.99. The first kappa shape index (κ1) is 16.8. The second-order valence-electron chi connectivity index (χ2n) is 5.34. The van der Waals surface area contributed by atoms with Crippen molar-refractivity contribution in [3.63, 3.8) is 0 Å². The Bertz CT molecular complexity index is 354. The van der Waals surface area contributed by atoms with Crippen LogP contribution in [0.5, 0.6) is 0 Å². The van der Waals surface area contributed by atoms with E-state index in [0.29, 0.717) is 18.4 Å². The van der Waals surface area contributed by atoms with Crippen LogP contribution in [0.3, 0.4) is 0 Å². The van der Waals surface area contributed by atoms with Gasteiger partial charge in [0, 0.05) is 0 Å². The molecule has 0 bridgehead atoms. The Morgan fingerprint density at radius 3 is 2.28 bits per heavy atom. The van der Waals surface area contributed by atoms with Gasteiger partial charge in [0.15, 0.2) is 5.78 Å². The smallest absolute Gasteiger partial charge is 0.180 e. The van der Waals surface area contributed by atoms with E-state index in [9.17, 15) is 15.0 Å². The van der Waals surface area contributed by atoms with Gasteiger partial charge in [-0.15, -0.1) is 6.58 Å². The van der Waals surface area contributed by atoms with Crippen LogP contribution < -0.4 is 0 Å². The predicted octanol–water partition coefficient (Wildman–Crippen LogP) is 2.55. The van der Waals surface area contributed by atoms with E-state index in [1.54, 1.807) is 33.8 Å². The van der Waals surface area contributed by atoms with Crippen LogP contribution in [-0.2, 0) is 4.79 Å². The van der Waals surface area contributed by atoms with Gasteiger partial charge in [-0.1, -0.05) is 12.2 Å². The maximum absolute atomic E-state index is 11.7. The Balaban J connectivity index is 4.39. The fourth-order valence-corrected chi connectivity index (χ4v) is 1.19. The van der Waals surface area contributed by atoms with E-state index in [2.05, 4.69) is 6.58 Å². The third-order valence-corrected chi connectivity index (χ3v) is 2.57. The highest BCUT2D eigenvalue weighted by Gasteiger charge is 2.14. The number of carbonyl (C=O) groups is 1. The maximum Gasteiger partial charge on any atom is 0.180 e. The van der Waals surface area contributed by atoms with Crippen molar-refractivity contribution in [2.24, 2.45) is 0 Å². The molecule has 0 spiro atoms. The molecule has 0 unspecified atom stereocenters. The van der Waals surface area contributed by atoms with Gasteiger partial charge in [-0.2, -0.15) is 0 Å². The van der Waals surface area contributed by atoms with Gasteiger partial charge >= 0.3 is 0 Å². The standard InChI is InChI=1S/C15H24O3/c1-6-15(5,18)10-7-8-12(2)13(16)9-11-14(3,4)17/h6,8-9,11,17-18H,1,7,10H2,2-5H3/b11-9+,12-8+/t15-/m1/s1. The highest BCUT2D eigenvalue weighted by molar-refractivity contribution is 6.03. The van der Waals surface area contributed by atoms with E-state index in [0.717, 1.165) is 0 Å². The van der Waals surface area contributed by atoms with Crippen molar-refractivity contribution in [2.45, 2.75) is 51.7 Å². The van der Waals surface area contributed by atoms with Gasteiger partial charge in [-0.3, -0.25) is 4.79 Å². The van der Waals surface area contributed by atoms with Gasteiger partial charge in [0.2, 0.25) is 0 Å². The molecule has 0 radical (unpaired) electrons. The first-order chi connectivity index (χ1) is 8.07. The predicted molar refractivity (Wildman–Crippen MR) is 74.3 cm³/mol. The average Bonchev–Trinajstić information content (AvgIpc) is 2.24. The summed E-state index contributed by atoms with van der Waals surface area (Å²) in [6.45, 7) is 10.2. The Kier molecular flexibility index (Phi) is 6.22. The molecule has 0 amide bonds. The molecule has 1 atom stereocenters. The summed E-state index contributed by atoms with van der Waals surface area (Å²) in [5.41, 5.74) is -1.28. The van der Waals surface area contributed by atoms with Crippen LogP contribution in [0, 0.1) is 0 Å². The Morgan fingerprint density at radius 1 is 1.28 bits per heavy atom. The van der Waals surface area contributed by atoms with E-state index < -0.39 is 11.2 Å². The normalized spacial score (nSPS) is 16.7. The molecule has 3 nitrogen and oxygen atoms in total. The van der Waals surface area contributed by atoms with Gasteiger partial charge in [-0.05, 0) is 58.3 Å². The minimum atomic E-state index is -0.984. The van der Waals surface area contributed by atoms with Crippen LogP contribution in [0.25, 0.3) is 0 Å². The molecule has 0 aromatic rings. The highest BCUT2D eigenvalue weighted by Crippen LogP contribution is 2.14. The minimum absolute atomic E-state index is 0.129. The summed E-state index contributed by atoms with van der Waals surface area (Å²) in [7, 11) is 0. The lowest BCUT2D eigenvalue weighted by Gasteiger charge is -2.16. The van der Waals surface area contributed by atoms with E-state index in [-0.39, 0.29) is 5.78 Å². The molecule has 18 heavy (non-hydrogen) atoms. The highest BCUT2D eigenvalue weighted by atomic mass is 16.3. The number of carbonyl (C=O) groups excluding carboxylic acids is 1. The number of aliphatic hydroxyl groups is 2. The zero-order chi connectivity index (χ0) is 14.4. The van der Waals surface area contributed by atoms with E-state index in [4.69, 9.17) is 0 Å². The second kappa shape index (κ2) is 6.66. The summed E-state index contributed by atoms with van der Waals surface area (Å²) in [5, 5.41) is 19.2. The van der Waals surface area contributed by atoms with E-state index in [1.807, 2.05) is 0 Å². The summed E-state index contributed by atoms with van der Waals surface area (Å²) >= 11 is 0. The van der Waals surface area contributed by atoms with Gasteiger partial charge < -0.3 is 10.2 Å². The van der Waals surface area contributed by atoms with Gasteiger partial charge in [0.05, 0.1) is 11.2 Å². The van der Waals surface area contributed by atoms with Crippen molar-refractivity contribution in [1.82, 2.24) is 0 Å². The number of ketones is 1. The van der Waals surface area contributed by atoms with Gasteiger partial charge in [0.1, 0.15) is 0 Å². The van der Waals surface area contributed by atoms with Crippen LogP contribution >= 0.6 is 0 Å². The third-order valence-electron chi connectivity index (χ3n) is 2.57. The largest absolute Gasteiger partial charge is 0.386 e. The quantitative estimate of drug-likeness (QED) is 0.541. The van der Waals surface area contributed by atoms with E-state index in [1.165, 1.54) is 18.2 Å². The summed E-state index contributed by atoms with van der Waals surface area (Å²) in [6.07, 6.45) is 7.24. The molecule has 102 valence electrons. The van der Waals surface area contributed by atoms with Crippen LogP contribution in [0.2, 0.25) is 0 Å². The lowest BCUT2D eigenvalue weighted by molar-refractivity contribution is -0.111. The maximum atomic E-state index is 11.7. The average molecular weight is 252 g/mol. The molecule has 0 aliphatic rings. The molecule has 0 saturated carbocycles. The third kappa shape index (κ3) is 7.98. The number of allylic oxidation sites excluding steroid dienone is 3. The first-order valence-corrected chi connectivity index (χ1v) is 6.06. The van der Waals surface area contributed by atoms with Crippen molar-refractivity contribution in [2.75, 3.05) is 0 Å². The fraction of sp³-hybridized carbons (Fsp3) is 0.533. The molecule has 3 heteroatoms. The fourth-order valence-electron chi connectivity index (χ4n) is 1.19. The van der Waals surface area contributed by atoms with Crippen molar-refractivity contribution in [1.29, 1.82) is 0 Å². The van der Waals surface area contributed by atoms with Crippen molar-refractivity contribution < 1.29 is 15.0 Å². The first-order valence-electron chi connectivity index (χ1n) is 6.06. The molecular formula is C15H24O3. The van der Waals surface area contributed by atoms with Crippen LogP contribution in [0.15, 0.2) is 36.5 Å². The molecule has 0 aromatic heterocycles. The molecule has 0 rings (SSSR count). The van der Waals surface area contributed by atoms with Crippen molar-refractivity contribution >= 4 is 5.78 Å². The van der Waals surface area contributed by atoms with Crippen molar-refractivity contribution in [3.05, 3.63) is 36.5 Å². The zero-order valence-electron chi connectivity index (χ0n) is 11.7. The molecule has 2 N–H and O–H groups in total. The van der Waals surface area contributed by atoms with Crippen molar-refractivity contribution in [3.8, 4) is 0 Å². The minimum Gasteiger partial charge on any atom is -0.386 e. The molecule has 0 aromatic carbocycles. The number of rotatable bonds is 7. The Morgan fingerprint density at radius 2 is 1.83 bits per heavy atom. The van der Waals surface area contributed by atoms with Gasteiger partial charge in [0.25, 0.3) is 0 Å². The van der Waals surface area contributed by atoms with Crippen LogP contribution in [0.1, 0.15) is 40.5 Å². The topological polar surface area (TPSA) is 57.5 Å². The number of hydrogen-bond acceptors (Lipinski definition) is 3. The molecule has 0 aliphatic carbocycles. The Hall–Kier alpha value is -1.19. The van der Waals surface area contributed by atoms with Crippen LogP contribution in [-0.4, -0.2) is 27.2 Å². The SMILES string of the molecule is C=C[C@@](C)(O)CC/C=C(\C)C(=O)/C=C/C(C)(C)O. The number of hydrogen-bond donors (Lipinski definition) is 2. The van der Waals surface area contributed by atoms with Crippen LogP contribution in [0.4, 0.5) is 0 Å². The Labute approximate surface area is 110 Å². The molecular weight excluding hydrogens is 228 g/mol. The lowest BCUT2D eigenvalue weighted by Crippen LogP contribution is -2.19. The summed E-state index contributed by atoms with van der Waals surface area (Å²) in [6, 6.07) is 0. The molecule has 0 saturated heterocycles. The second-order valence-corrected chi connectivity index (χ2v) is 5.34. The molecule has 0 fully saturated rings. The monoisotopic (exact) mass is 252 g/mol. The molecule has 0 aliphatic heterocycles. The molecule has 0 heterocycles.